The molecule has 0 saturated carbocycles. The molecule has 1 unspecified atom stereocenters. The van der Waals surface area contributed by atoms with Crippen molar-refractivity contribution in [1.82, 2.24) is 29.8 Å². The van der Waals surface area contributed by atoms with Crippen molar-refractivity contribution in [3.8, 4) is 0 Å². The number of nitrogens with one attached hydrogen (secondary N) is 1. The van der Waals surface area contributed by atoms with Gasteiger partial charge in [0.15, 0.2) is 5.82 Å². The molecule has 1 N–H and O–H groups in total. The normalized spacial score (nSPS) is 12.1. The van der Waals surface area contributed by atoms with Gasteiger partial charge in [0, 0.05) is 17.3 Å². The van der Waals surface area contributed by atoms with E-state index < -0.39 is 4.92 Å². The molecule has 1 atom stereocenters. The molecule has 0 amide bonds. The van der Waals surface area contributed by atoms with Gasteiger partial charge in [0.25, 0.3) is 0 Å². The summed E-state index contributed by atoms with van der Waals surface area (Å²) in [5.41, 5.74) is 1.86. The Labute approximate surface area is 186 Å². The van der Waals surface area contributed by atoms with E-state index in [1.54, 1.807) is 23.2 Å². The quantitative estimate of drug-likeness (QED) is 0.320. The van der Waals surface area contributed by atoms with Gasteiger partial charge in [-0.15, -0.1) is 10.2 Å². The fourth-order valence-electron chi connectivity index (χ4n) is 3.28. The zero-order valence-corrected chi connectivity index (χ0v) is 18.6. The molecule has 0 radical (unpaired) electrons. The number of anilines is 2. The molecular weight excluding hydrogens is 440 g/mol. The molecule has 0 fully saturated rings. The van der Waals surface area contributed by atoms with Crippen LogP contribution in [0.1, 0.15) is 34.9 Å². The lowest BCUT2D eigenvalue weighted by atomic mass is 10.2. The molecular formula is C19H19ClN8O2S. The van der Waals surface area contributed by atoms with E-state index in [4.69, 9.17) is 11.6 Å². The molecule has 0 aliphatic heterocycles. The lowest BCUT2D eigenvalue weighted by molar-refractivity contribution is -0.386. The summed E-state index contributed by atoms with van der Waals surface area (Å²) in [6.07, 6.45) is 1.85. The first-order chi connectivity index (χ1) is 14.8. The smallest absolute Gasteiger partial charge is 0.312 e. The Bertz CT molecular complexity index is 1250. The van der Waals surface area contributed by atoms with Gasteiger partial charge in [0.05, 0.1) is 11.5 Å². The van der Waals surface area contributed by atoms with Crippen LogP contribution in [-0.2, 0) is 6.54 Å². The number of benzene rings is 1. The molecule has 0 saturated heterocycles. The first-order valence-electron chi connectivity index (χ1n) is 9.41. The van der Waals surface area contributed by atoms with Crippen molar-refractivity contribution in [3.63, 3.8) is 0 Å². The molecule has 3 heterocycles. The minimum atomic E-state index is -0.410. The molecule has 10 nitrogen and oxygen atoms in total. The van der Waals surface area contributed by atoms with E-state index in [0.717, 1.165) is 5.56 Å². The van der Waals surface area contributed by atoms with Crippen LogP contribution >= 0.6 is 22.9 Å². The van der Waals surface area contributed by atoms with E-state index in [9.17, 15) is 10.1 Å². The van der Waals surface area contributed by atoms with Gasteiger partial charge in [-0.25, -0.2) is 0 Å². The minimum Gasteiger partial charge on any atom is -0.313 e. The summed E-state index contributed by atoms with van der Waals surface area (Å²) in [5.74, 6) is 0.629. The van der Waals surface area contributed by atoms with Gasteiger partial charge in [-0.2, -0.15) is 10.2 Å². The fourth-order valence-corrected chi connectivity index (χ4v) is 4.26. The highest BCUT2D eigenvalue weighted by atomic mass is 35.5. The van der Waals surface area contributed by atoms with E-state index in [0.29, 0.717) is 38.9 Å². The summed E-state index contributed by atoms with van der Waals surface area (Å²) in [7, 11) is 0. The highest BCUT2D eigenvalue weighted by Crippen LogP contribution is 2.30. The summed E-state index contributed by atoms with van der Waals surface area (Å²) >= 11 is 7.56. The third-order valence-corrected chi connectivity index (χ3v) is 6.18. The van der Waals surface area contributed by atoms with Crippen LogP contribution in [0.15, 0.2) is 36.5 Å². The second-order valence-electron chi connectivity index (χ2n) is 6.96. The van der Waals surface area contributed by atoms with Gasteiger partial charge in [0.1, 0.15) is 22.4 Å². The van der Waals surface area contributed by atoms with Gasteiger partial charge in [-0.1, -0.05) is 41.1 Å². The Balaban J connectivity index is 1.48. The number of hydrogen-bond donors (Lipinski definition) is 1. The van der Waals surface area contributed by atoms with Crippen molar-refractivity contribution < 1.29 is 4.92 Å². The van der Waals surface area contributed by atoms with Crippen LogP contribution in [0.3, 0.4) is 0 Å². The van der Waals surface area contributed by atoms with Crippen molar-refractivity contribution in [1.29, 1.82) is 0 Å². The van der Waals surface area contributed by atoms with E-state index in [-0.39, 0.29) is 11.7 Å². The molecule has 1 aromatic carbocycles. The molecule has 12 heteroatoms. The monoisotopic (exact) mass is 458 g/mol. The van der Waals surface area contributed by atoms with Crippen LogP contribution in [0.5, 0.6) is 0 Å². The fraction of sp³-hybridized carbons (Fsp3) is 0.263. The van der Waals surface area contributed by atoms with Crippen molar-refractivity contribution in [2.45, 2.75) is 33.4 Å². The van der Waals surface area contributed by atoms with Gasteiger partial charge in [-0.05, 0) is 32.4 Å². The van der Waals surface area contributed by atoms with Crippen molar-refractivity contribution in [2.75, 3.05) is 5.32 Å². The van der Waals surface area contributed by atoms with Gasteiger partial charge < -0.3 is 5.32 Å². The Morgan fingerprint density at radius 3 is 2.71 bits per heavy atom. The van der Waals surface area contributed by atoms with Crippen LogP contribution in [0.4, 0.5) is 16.6 Å². The number of aromatic nitrogens is 6. The van der Waals surface area contributed by atoms with E-state index in [2.05, 4.69) is 25.7 Å². The molecule has 160 valence electrons. The number of hydrogen-bond acceptors (Lipinski definition) is 8. The molecule has 4 aromatic rings. The average Bonchev–Trinajstić information content (AvgIpc) is 3.43. The van der Waals surface area contributed by atoms with Crippen molar-refractivity contribution in [3.05, 3.63) is 73.6 Å². The summed E-state index contributed by atoms with van der Waals surface area (Å²) in [6.45, 7) is 5.74. The predicted octanol–water partition coefficient (Wildman–Crippen LogP) is 4.51. The zero-order valence-electron chi connectivity index (χ0n) is 17.0. The Kier molecular flexibility index (Phi) is 5.70. The van der Waals surface area contributed by atoms with E-state index in [1.807, 2.05) is 43.5 Å². The largest absolute Gasteiger partial charge is 0.313 e. The lowest BCUT2D eigenvalue weighted by Gasteiger charge is -2.09. The number of halogens is 1. The van der Waals surface area contributed by atoms with Crippen LogP contribution in [0.25, 0.3) is 0 Å². The molecule has 3 aromatic heterocycles. The van der Waals surface area contributed by atoms with Gasteiger partial charge >= 0.3 is 5.69 Å². The molecule has 0 aliphatic carbocycles. The first kappa shape index (κ1) is 20.9. The second-order valence-corrected chi connectivity index (χ2v) is 8.37. The summed E-state index contributed by atoms with van der Waals surface area (Å²) in [6, 6.07) is 9.18. The Morgan fingerprint density at radius 1 is 1.23 bits per heavy atom. The first-order valence-corrected chi connectivity index (χ1v) is 10.6. The summed E-state index contributed by atoms with van der Waals surface area (Å²) < 4.78 is 3.39. The van der Waals surface area contributed by atoms with Gasteiger partial charge in [0.2, 0.25) is 5.13 Å². The second kappa shape index (κ2) is 8.44. The van der Waals surface area contributed by atoms with E-state index in [1.165, 1.54) is 11.3 Å². The van der Waals surface area contributed by atoms with Crippen molar-refractivity contribution >= 4 is 39.6 Å². The minimum absolute atomic E-state index is 0.0266. The zero-order chi connectivity index (χ0) is 22.1. The lowest BCUT2D eigenvalue weighted by Crippen LogP contribution is -2.10. The molecule has 0 spiro atoms. The van der Waals surface area contributed by atoms with E-state index >= 15 is 0 Å². The van der Waals surface area contributed by atoms with Crippen LogP contribution in [0, 0.1) is 24.0 Å². The summed E-state index contributed by atoms with van der Waals surface area (Å²) in [4.78, 5) is 10.8. The van der Waals surface area contributed by atoms with Crippen LogP contribution < -0.4 is 5.32 Å². The standard InChI is InChI=1S/C19H19ClN8O2S/c1-11-17(28(29)30)12(2)27(24-11)13(3)18-22-23-19(31-18)21-16-8-9-26(25-16)10-14-6-4-5-7-15(14)20/h4-9,13H,10H2,1-3H3,(H,21,23,25). The Morgan fingerprint density at radius 2 is 2.00 bits per heavy atom. The van der Waals surface area contributed by atoms with Crippen molar-refractivity contribution in [2.24, 2.45) is 0 Å². The maximum atomic E-state index is 11.3. The van der Waals surface area contributed by atoms with Crippen LogP contribution in [-0.4, -0.2) is 34.7 Å². The summed E-state index contributed by atoms with van der Waals surface area (Å²) in [5, 5.41) is 33.6. The SMILES string of the molecule is Cc1nn(C(C)c2nnc(Nc3ccn(Cc4ccccc4Cl)n3)s2)c(C)c1[N+](=O)[O-]. The molecule has 0 bridgehead atoms. The molecule has 4 rings (SSSR count). The van der Waals surface area contributed by atoms with Gasteiger partial charge in [-0.3, -0.25) is 19.5 Å². The number of rotatable bonds is 7. The maximum Gasteiger partial charge on any atom is 0.312 e. The third-order valence-electron chi connectivity index (χ3n) is 4.80. The Hall–Kier alpha value is -3.31. The average molecular weight is 459 g/mol. The topological polar surface area (TPSA) is 117 Å². The third kappa shape index (κ3) is 4.28. The number of aryl methyl sites for hydroxylation is 1. The predicted molar refractivity (Wildman–Crippen MR) is 118 cm³/mol. The highest BCUT2D eigenvalue weighted by Gasteiger charge is 2.26. The maximum absolute atomic E-state index is 11.3. The number of nitro groups is 1. The molecule has 0 aliphatic rings. The number of nitrogens with zero attached hydrogens (tertiary/aromatic N) is 7. The highest BCUT2D eigenvalue weighted by molar-refractivity contribution is 7.15. The van der Waals surface area contributed by atoms with Crippen LogP contribution in [0.2, 0.25) is 5.02 Å². The molecule has 31 heavy (non-hydrogen) atoms.